The van der Waals surface area contributed by atoms with Gasteiger partial charge in [-0.1, -0.05) is 20.3 Å². The lowest BCUT2D eigenvalue weighted by atomic mass is 10.1. The van der Waals surface area contributed by atoms with Gasteiger partial charge in [0.1, 0.15) is 4.88 Å². The Hall–Kier alpha value is -1.41. The molecule has 1 aliphatic rings. The lowest BCUT2D eigenvalue weighted by molar-refractivity contribution is -0.129. The van der Waals surface area contributed by atoms with E-state index in [4.69, 9.17) is 4.74 Å². The largest absolute Gasteiger partial charge is 0.448 e. The van der Waals surface area contributed by atoms with E-state index in [-0.39, 0.29) is 11.5 Å². The molecule has 6 nitrogen and oxygen atoms in total. The average molecular weight is 388 g/mol. The maximum atomic E-state index is 12.3. The molecule has 0 unspecified atom stereocenters. The molecule has 1 aromatic heterocycles. The highest BCUT2D eigenvalue weighted by Gasteiger charge is 2.31. The van der Waals surface area contributed by atoms with Gasteiger partial charge in [0.25, 0.3) is 5.91 Å². The molecule has 2 atom stereocenters. The van der Waals surface area contributed by atoms with Crippen LogP contribution in [0.1, 0.15) is 53.7 Å². The molecule has 0 aliphatic carbocycles. The zero-order valence-electron chi connectivity index (χ0n) is 14.8. The van der Waals surface area contributed by atoms with Gasteiger partial charge in [-0.2, -0.15) is 0 Å². The van der Waals surface area contributed by atoms with Gasteiger partial charge >= 0.3 is 5.97 Å². The molecule has 1 aliphatic heterocycles. The molecule has 1 aromatic rings. The number of hydrogen-bond donors (Lipinski definition) is 1. The van der Waals surface area contributed by atoms with Crippen LogP contribution in [0.5, 0.6) is 0 Å². The maximum Gasteiger partial charge on any atom is 0.349 e. The molecule has 25 heavy (non-hydrogen) atoms. The lowest BCUT2D eigenvalue weighted by Gasteiger charge is -2.16. The number of esters is 1. The number of aryl methyl sites for hydroxylation is 2. The summed E-state index contributed by atoms with van der Waals surface area (Å²) < 4.78 is 28.1. The predicted molar refractivity (Wildman–Crippen MR) is 97.8 cm³/mol. The molecule has 1 fully saturated rings. The zero-order valence-corrected chi connectivity index (χ0v) is 16.5. The number of carbonyl (C=O) groups excluding carboxylic acids is 2. The van der Waals surface area contributed by atoms with E-state index >= 15 is 0 Å². The summed E-state index contributed by atoms with van der Waals surface area (Å²) in [6.07, 6.45) is 2.22. The summed E-state index contributed by atoms with van der Waals surface area (Å²) in [6.45, 7) is 5.63. The van der Waals surface area contributed by atoms with Crippen LogP contribution in [0.15, 0.2) is 6.07 Å². The van der Waals surface area contributed by atoms with Crippen molar-refractivity contribution >= 4 is 33.1 Å². The topological polar surface area (TPSA) is 89.5 Å². The van der Waals surface area contributed by atoms with Gasteiger partial charge in [-0.3, -0.25) is 4.79 Å². The average Bonchev–Trinajstić information content (AvgIpc) is 3.10. The highest BCUT2D eigenvalue weighted by atomic mass is 32.2. The summed E-state index contributed by atoms with van der Waals surface area (Å²) in [6, 6.07) is 1.44. The molecule has 0 bridgehead atoms. The highest BCUT2D eigenvalue weighted by Crippen LogP contribution is 2.25. The third kappa shape index (κ3) is 5.28. The minimum atomic E-state index is -3.06. The van der Waals surface area contributed by atoms with Gasteiger partial charge in [-0.25, -0.2) is 13.2 Å². The fraction of sp³-hybridized carbons (Fsp3) is 0.647. The van der Waals surface area contributed by atoms with E-state index < -0.39 is 33.9 Å². The normalized spacial score (nSPS) is 20.2. The molecule has 0 spiro atoms. The SMILES string of the molecule is CCCc1sc(C(=O)O[C@@H](C)C(=O)N[C@@H]2CCS(=O)(=O)C2)cc1CC. The Balaban J connectivity index is 1.94. The summed E-state index contributed by atoms with van der Waals surface area (Å²) >= 11 is 1.42. The quantitative estimate of drug-likeness (QED) is 0.724. The van der Waals surface area contributed by atoms with Crippen LogP contribution in [0.2, 0.25) is 0 Å². The second kappa shape index (κ2) is 8.31. The second-order valence-electron chi connectivity index (χ2n) is 6.32. The Morgan fingerprint density at radius 1 is 1.40 bits per heavy atom. The highest BCUT2D eigenvalue weighted by molar-refractivity contribution is 7.91. The number of amides is 1. The van der Waals surface area contributed by atoms with Crippen LogP contribution in [0.3, 0.4) is 0 Å². The van der Waals surface area contributed by atoms with E-state index in [2.05, 4.69) is 12.2 Å². The molecule has 1 amide bonds. The van der Waals surface area contributed by atoms with E-state index in [1.807, 2.05) is 13.0 Å². The number of nitrogens with one attached hydrogen (secondary N) is 1. The Bertz CT molecular complexity index is 738. The van der Waals surface area contributed by atoms with Crippen molar-refractivity contribution in [3.63, 3.8) is 0 Å². The van der Waals surface area contributed by atoms with Crippen molar-refractivity contribution in [2.75, 3.05) is 11.5 Å². The first-order valence-electron chi connectivity index (χ1n) is 8.59. The second-order valence-corrected chi connectivity index (χ2v) is 9.68. The van der Waals surface area contributed by atoms with Crippen molar-refractivity contribution in [2.45, 2.75) is 58.6 Å². The van der Waals surface area contributed by atoms with Crippen molar-refractivity contribution in [1.82, 2.24) is 5.32 Å². The Morgan fingerprint density at radius 3 is 2.68 bits per heavy atom. The molecule has 0 saturated carbocycles. The molecule has 2 rings (SSSR count). The molecule has 1 N–H and O–H groups in total. The molecule has 8 heteroatoms. The summed E-state index contributed by atoms with van der Waals surface area (Å²) in [4.78, 5) is 26.1. The number of carbonyl (C=O) groups is 2. The molecular formula is C17H25NO5S2. The van der Waals surface area contributed by atoms with Gasteiger partial charge in [0, 0.05) is 10.9 Å². The van der Waals surface area contributed by atoms with Crippen molar-refractivity contribution in [3.05, 3.63) is 21.4 Å². The van der Waals surface area contributed by atoms with Gasteiger partial charge in [0.15, 0.2) is 15.9 Å². The Kier molecular flexibility index (Phi) is 6.62. The lowest BCUT2D eigenvalue weighted by Crippen LogP contribution is -2.42. The number of sulfone groups is 1. The smallest absolute Gasteiger partial charge is 0.349 e. The predicted octanol–water partition coefficient (Wildman–Crippen LogP) is 2.11. The standard InChI is InChI=1S/C17H25NO5S2/c1-4-6-14-12(5-2)9-15(24-14)17(20)23-11(3)16(19)18-13-7-8-25(21,22)10-13/h9,11,13H,4-8,10H2,1-3H3,(H,18,19)/t11-,13+/m0/s1. The van der Waals surface area contributed by atoms with Gasteiger partial charge in [0.2, 0.25) is 0 Å². The zero-order chi connectivity index (χ0) is 18.6. The molecule has 1 saturated heterocycles. The fourth-order valence-corrected chi connectivity index (χ4v) is 5.72. The van der Waals surface area contributed by atoms with E-state index in [1.54, 1.807) is 0 Å². The van der Waals surface area contributed by atoms with Crippen LogP contribution in [0, 0.1) is 0 Å². The van der Waals surface area contributed by atoms with E-state index in [0.717, 1.165) is 24.8 Å². The number of ether oxygens (including phenoxy) is 1. The minimum absolute atomic E-state index is 0.0510. The van der Waals surface area contributed by atoms with Gasteiger partial charge in [-0.05, 0) is 37.8 Å². The maximum absolute atomic E-state index is 12.3. The van der Waals surface area contributed by atoms with Crippen LogP contribution in [0.25, 0.3) is 0 Å². The van der Waals surface area contributed by atoms with E-state index in [1.165, 1.54) is 23.1 Å². The number of thiophene rings is 1. The molecule has 0 aromatic carbocycles. The fourth-order valence-electron chi connectivity index (χ4n) is 2.80. The summed E-state index contributed by atoms with van der Waals surface area (Å²) in [5.41, 5.74) is 1.15. The molecule has 0 radical (unpaired) electrons. The van der Waals surface area contributed by atoms with Crippen LogP contribution in [-0.2, 0) is 32.2 Å². The van der Waals surface area contributed by atoms with Crippen molar-refractivity contribution in [1.29, 1.82) is 0 Å². The molecule has 140 valence electrons. The first-order valence-corrected chi connectivity index (χ1v) is 11.2. The van der Waals surface area contributed by atoms with E-state index in [9.17, 15) is 18.0 Å². The van der Waals surface area contributed by atoms with Crippen molar-refractivity contribution < 1.29 is 22.7 Å². The summed E-state index contributed by atoms with van der Waals surface area (Å²) in [5.74, 6) is -0.938. The molecule has 2 heterocycles. The Labute approximate surface area is 152 Å². The van der Waals surface area contributed by atoms with Crippen molar-refractivity contribution in [2.24, 2.45) is 0 Å². The van der Waals surface area contributed by atoms with Gasteiger partial charge in [0.05, 0.1) is 11.5 Å². The third-order valence-corrected chi connectivity index (χ3v) is 7.17. The minimum Gasteiger partial charge on any atom is -0.448 e. The first kappa shape index (κ1) is 19.9. The monoisotopic (exact) mass is 387 g/mol. The summed E-state index contributed by atoms with van der Waals surface area (Å²) in [5, 5.41) is 2.65. The Morgan fingerprint density at radius 2 is 2.12 bits per heavy atom. The van der Waals surface area contributed by atoms with Gasteiger partial charge < -0.3 is 10.1 Å². The summed E-state index contributed by atoms with van der Waals surface area (Å²) in [7, 11) is -3.06. The molecular weight excluding hydrogens is 362 g/mol. The van der Waals surface area contributed by atoms with Crippen LogP contribution in [0.4, 0.5) is 0 Å². The van der Waals surface area contributed by atoms with E-state index in [0.29, 0.717) is 11.3 Å². The van der Waals surface area contributed by atoms with Crippen LogP contribution < -0.4 is 5.32 Å². The first-order chi connectivity index (χ1) is 11.8. The third-order valence-electron chi connectivity index (χ3n) is 4.19. The number of rotatable bonds is 7. The number of hydrogen-bond acceptors (Lipinski definition) is 6. The van der Waals surface area contributed by atoms with Crippen LogP contribution in [-0.4, -0.2) is 43.9 Å². The van der Waals surface area contributed by atoms with Gasteiger partial charge in [-0.15, -0.1) is 11.3 Å². The van der Waals surface area contributed by atoms with Crippen LogP contribution >= 0.6 is 11.3 Å². The van der Waals surface area contributed by atoms with Crippen molar-refractivity contribution in [3.8, 4) is 0 Å².